The number of likely N-dealkylation sites (tertiary alicyclic amines) is 1. The number of carbonyl (C=O) groups is 2. The lowest BCUT2D eigenvalue weighted by Crippen LogP contribution is -2.48. The van der Waals surface area contributed by atoms with Gasteiger partial charge in [0.15, 0.2) is 0 Å². The Kier molecular flexibility index (Phi) is 10.2. The van der Waals surface area contributed by atoms with Crippen LogP contribution >= 0.6 is 0 Å². The Morgan fingerprint density at radius 1 is 1.00 bits per heavy atom. The maximum absolute atomic E-state index is 13.6. The van der Waals surface area contributed by atoms with Crippen LogP contribution in [-0.4, -0.2) is 52.0 Å². The molecule has 1 saturated heterocycles. The largest absolute Gasteiger partial charge is 0.446 e. The van der Waals surface area contributed by atoms with Crippen molar-refractivity contribution in [2.45, 2.75) is 77.1 Å². The Bertz CT molecular complexity index is 1590. The Morgan fingerprint density at radius 3 is 2.47 bits per heavy atom. The van der Waals surface area contributed by atoms with Crippen molar-refractivity contribution < 1.29 is 19.1 Å². The predicted octanol–water partition coefficient (Wildman–Crippen LogP) is 5.75. The van der Waals surface area contributed by atoms with E-state index in [2.05, 4.69) is 60.7 Å². The van der Waals surface area contributed by atoms with E-state index < -0.39 is 12.1 Å². The molecule has 3 aromatic carbocycles. The monoisotopic (exact) mass is 608 g/mol. The van der Waals surface area contributed by atoms with Gasteiger partial charge in [-0.25, -0.2) is 4.98 Å². The highest BCUT2D eigenvalue weighted by atomic mass is 16.3. The van der Waals surface area contributed by atoms with E-state index in [0.717, 1.165) is 29.7 Å². The first kappa shape index (κ1) is 32.1. The van der Waals surface area contributed by atoms with Crippen molar-refractivity contribution in [1.29, 1.82) is 0 Å². The summed E-state index contributed by atoms with van der Waals surface area (Å²) in [6, 6.07) is 24.2. The van der Waals surface area contributed by atoms with Gasteiger partial charge in [0, 0.05) is 30.8 Å². The SMILES string of the molecule is Cc1coc([C@H]2CCCN2C(=O)c2cccc(C(=O)N[C@@H](Cc3ccccc3)[C@@H](O)CNCc3cccc(C(C)(C)C)c3)c2)n1. The van der Waals surface area contributed by atoms with Gasteiger partial charge in [-0.2, -0.15) is 0 Å². The van der Waals surface area contributed by atoms with Crippen molar-refractivity contribution in [3.8, 4) is 0 Å². The summed E-state index contributed by atoms with van der Waals surface area (Å²) >= 11 is 0. The number of aryl methyl sites for hydroxylation is 1. The smallest absolute Gasteiger partial charge is 0.254 e. The van der Waals surface area contributed by atoms with Crippen molar-refractivity contribution >= 4 is 11.8 Å². The van der Waals surface area contributed by atoms with E-state index in [1.807, 2.05) is 37.3 Å². The molecular weight excluding hydrogens is 564 g/mol. The third-order valence-corrected chi connectivity index (χ3v) is 8.36. The van der Waals surface area contributed by atoms with E-state index in [-0.39, 0.29) is 23.3 Å². The number of hydrogen-bond acceptors (Lipinski definition) is 6. The highest BCUT2D eigenvalue weighted by molar-refractivity contribution is 6.00. The number of aromatic nitrogens is 1. The minimum Gasteiger partial charge on any atom is -0.446 e. The number of amides is 2. The van der Waals surface area contributed by atoms with E-state index in [4.69, 9.17) is 4.42 Å². The minimum absolute atomic E-state index is 0.0500. The van der Waals surface area contributed by atoms with Gasteiger partial charge in [-0.15, -0.1) is 0 Å². The Balaban J connectivity index is 1.26. The lowest BCUT2D eigenvalue weighted by atomic mass is 9.86. The molecule has 2 amide bonds. The average molecular weight is 609 g/mol. The third-order valence-electron chi connectivity index (χ3n) is 8.36. The number of oxazole rings is 1. The molecule has 4 aromatic rings. The number of carbonyl (C=O) groups excluding carboxylic acids is 2. The molecule has 0 spiro atoms. The molecule has 3 N–H and O–H groups in total. The number of nitrogens with one attached hydrogen (secondary N) is 2. The van der Waals surface area contributed by atoms with Crippen molar-refractivity contribution in [3.05, 3.63) is 125 Å². The normalized spacial score (nSPS) is 16.4. The second-order valence-corrected chi connectivity index (χ2v) is 13.0. The molecule has 1 aliphatic heterocycles. The maximum Gasteiger partial charge on any atom is 0.254 e. The number of rotatable bonds is 11. The van der Waals surface area contributed by atoms with Crippen molar-refractivity contribution in [3.63, 3.8) is 0 Å². The van der Waals surface area contributed by atoms with E-state index in [0.29, 0.717) is 43.1 Å². The fraction of sp³-hybridized carbons (Fsp3) is 0.378. The Morgan fingerprint density at radius 2 is 1.73 bits per heavy atom. The van der Waals surface area contributed by atoms with Crippen molar-refractivity contribution in [2.24, 2.45) is 0 Å². The first-order valence-corrected chi connectivity index (χ1v) is 15.7. The summed E-state index contributed by atoms with van der Waals surface area (Å²) in [7, 11) is 0. The van der Waals surface area contributed by atoms with Gasteiger partial charge in [0.2, 0.25) is 5.89 Å². The van der Waals surface area contributed by atoms with Crippen LogP contribution in [0.5, 0.6) is 0 Å². The molecule has 1 fully saturated rings. The number of benzene rings is 3. The third kappa shape index (κ3) is 8.26. The summed E-state index contributed by atoms with van der Waals surface area (Å²) in [6.07, 6.45) is 2.84. The average Bonchev–Trinajstić information content (AvgIpc) is 3.70. The highest BCUT2D eigenvalue weighted by Gasteiger charge is 2.34. The summed E-state index contributed by atoms with van der Waals surface area (Å²) in [6.45, 7) is 9.92. The predicted molar refractivity (Wildman–Crippen MR) is 175 cm³/mol. The zero-order valence-corrected chi connectivity index (χ0v) is 26.6. The number of aliphatic hydroxyl groups excluding tert-OH is 1. The Labute approximate surface area is 265 Å². The quantitative estimate of drug-likeness (QED) is 0.200. The van der Waals surface area contributed by atoms with Crippen LogP contribution in [0.25, 0.3) is 0 Å². The van der Waals surface area contributed by atoms with E-state index in [1.165, 1.54) is 5.56 Å². The number of aliphatic hydroxyl groups is 1. The summed E-state index contributed by atoms with van der Waals surface area (Å²) in [5, 5.41) is 17.7. The van der Waals surface area contributed by atoms with Crippen LogP contribution in [-0.2, 0) is 18.4 Å². The van der Waals surface area contributed by atoms with Gasteiger partial charge in [0.25, 0.3) is 11.8 Å². The molecule has 0 radical (unpaired) electrons. The highest BCUT2D eigenvalue weighted by Crippen LogP contribution is 2.32. The van der Waals surface area contributed by atoms with Crippen LogP contribution in [0.1, 0.15) is 88.6 Å². The number of nitrogens with zero attached hydrogens (tertiary/aromatic N) is 2. The lowest BCUT2D eigenvalue weighted by molar-refractivity contribution is 0.0715. The molecule has 5 rings (SSSR count). The summed E-state index contributed by atoms with van der Waals surface area (Å²) in [4.78, 5) is 33.4. The van der Waals surface area contributed by atoms with Gasteiger partial charge in [0.05, 0.1) is 17.8 Å². The second-order valence-electron chi connectivity index (χ2n) is 13.0. The Hall–Kier alpha value is -4.27. The van der Waals surface area contributed by atoms with Crippen LogP contribution in [0.3, 0.4) is 0 Å². The van der Waals surface area contributed by atoms with Crippen LogP contribution in [0.2, 0.25) is 0 Å². The first-order chi connectivity index (χ1) is 21.6. The zero-order chi connectivity index (χ0) is 32.0. The van der Waals surface area contributed by atoms with Crippen LogP contribution in [0.15, 0.2) is 89.5 Å². The van der Waals surface area contributed by atoms with Crippen molar-refractivity contribution in [2.75, 3.05) is 13.1 Å². The van der Waals surface area contributed by atoms with Gasteiger partial charge in [-0.3, -0.25) is 9.59 Å². The molecule has 0 bridgehead atoms. The topological polar surface area (TPSA) is 108 Å². The molecule has 2 heterocycles. The molecule has 0 unspecified atom stereocenters. The standard InChI is InChI=1S/C37H44N4O4/c1-25-24-45-35(39-25)32-17-10-18-41(32)36(44)29-15-9-14-28(21-29)34(43)40-31(20-26-11-6-5-7-12-26)33(42)23-38-22-27-13-8-16-30(19-27)37(2,3)4/h5-9,11-16,19,21,24,31-33,38,42H,10,17-18,20,22-23H2,1-4H3,(H,40,43)/t31-,32+,33-/m0/s1. The van der Waals surface area contributed by atoms with E-state index in [1.54, 1.807) is 35.4 Å². The van der Waals surface area contributed by atoms with Gasteiger partial charge < -0.3 is 25.1 Å². The summed E-state index contributed by atoms with van der Waals surface area (Å²) in [5.74, 6) is 0.0351. The second kappa shape index (κ2) is 14.2. The lowest BCUT2D eigenvalue weighted by Gasteiger charge is -2.25. The van der Waals surface area contributed by atoms with Gasteiger partial charge in [-0.05, 0) is 66.5 Å². The molecule has 236 valence electrons. The fourth-order valence-electron chi connectivity index (χ4n) is 5.81. The van der Waals surface area contributed by atoms with Crippen LogP contribution in [0.4, 0.5) is 0 Å². The van der Waals surface area contributed by atoms with Crippen LogP contribution in [0, 0.1) is 6.92 Å². The van der Waals surface area contributed by atoms with Gasteiger partial charge >= 0.3 is 0 Å². The zero-order valence-electron chi connectivity index (χ0n) is 26.6. The number of hydrogen-bond donors (Lipinski definition) is 3. The molecule has 0 saturated carbocycles. The van der Waals surface area contributed by atoms with Gasteiger partial charge in [0.1, 0.15) is 12.3 Å². The van der Waals surface area contributed by atoms with Crippen molar-refractivity contribution in [1.82, 2.24) is 20.5 Å². The minimum atomic E-state index is -0.848. The first-order valence-electron chi connectivity index (χ1n) is 15.7. The molecule has 0 aliphatic carbocycles. The molecule has 1 aromatic heterocycles. The molecule has 1 aliphatic rings. The van der Waals surface area contributed by atoms with Crippen LogP contribution < -0.4 is 10.6 Å². The fourth-order valence-corrected chi connectivity index (χ4v) is 5.81. The molecule has 8 nitrogen and oxygen atoms in total. The summed E-state index contributed by atoms with van der Waals surface area (Å²) in [5.41, 5.74) is 5.01. The molecule has 8 heteroatoms. The van der Waals surface area contributed by atoms with Gasteiger partial charge in [-0.1, -0.05) is 81.4 Å². The molecule has 45 heavy (non-hydrogen) atoms. The van der Waals surface area contributed by atoms with E-state index in [9.17, 15) is 14.7 Å². The molecular formula is C37H44N4O4. The van der Waals surface area contributed by atoms with E-state index >= 15 is 0 Å². The summed E-state index contributed by atoms with van der Waals surface area (Å²) < 4.78 is 5.62. The molecule has 3 atom stereocenters. The maximum atomic E-state index is 13.6.